The van der Waals surface area contributed by atoms with Crippen LogP contribution in [0, 0.1) is 5.41 Å². The summed E-state index contributed by atoms with van der Waals surface area (Å²) >= 11 is 3.21. The van der Waals surface area contributed by atoms with E-state index in [-0.39, 0.29) is 23.2 Å². The summed E-state index contributed by atoms with van der Waals surface area (Å²) in [5.74, 6) is 0. The molecule has 1 fully saturated rings. The molecule has 0 heterocycles. The van der Waals surface area contributed by atoms with Gasteiger partial charge in [0, 0.05) is 28.7 Å². The van der Waals surface area contributed by atoms with Crippen LogP contribution < -0.4 is 5.32 Å². The molecule has 1 aliphatic carbocycles. The van der Waals surface area contributed by atoms with Gasteiger partial charge in [0.15, 0.2) is 0 Å². The molecule has 1 aromatic rings. The maximum absolute atomic E-state index is 13.0. The van der Waals surface area contributed by atoms with Crippen molar-refractivity contribution in [1.29, 1.82) is 0 Å². The largest absolute Gasteiger partial charge is 0.418 e. The quantitative estimate of drug-likeness (QED) is 0.852. The van der Waals surface area contributed by atoms with Crippen LogP contribution >= 0.6 is 15.9 Å². The summed E-state index contributed by atoms with van der Waals surface area (Å²) in [5.41, 5.74) is -0.725. The number of hydrogen-bond acceptors (Lipinski definition) is 2. The van der Waals surface area contributed by atoms with E-state index in [1.165, 1.54) is 12.1 Å². The van der Waals surface area contributed by atoms with Crippen LogP contribution in [-0.2, 0) is 10.9 Å². The van der Waals surface area contributed by atoms with Crippen molar-refractivity contribution in [3.63, 3.8) is 0 Å². The summed E-state index contributed by atoms with van der Waals surface area (Å²) in [6.45, 7) is 3.99. The number of ether oxygens (including phenoxy) is 1. The van der Waals surface area contributed by atoms with Crippen molar-refractivity contribution < 1.29 is 17.9 Å². The molecular weight excluding hydrogens is 335 g/mol. The molecule has 6 heteroatoms. The lowest BCUT2D eigenvalue weighted by Gasteiger charge is -2.51. The van der Waals surface area contributed by atoms with Crippen molar-refractivity contribution in [1.82, 2.24) is 0 Å². The summed E-state index contributed by atoms with van der Waals surface area (Å²) < 4.78 is 45.0. The van der Waals surface area contributed by atoms with E-state index in [9.17, 15) is 13.2 Å². The first-order chi connectivity index (χ1) is 9.16. The first-order valence-corrected chi connectivity index (χ1v) is 7.11. The molecule has 0 saturated heterocycles. The maximum atomic E-state index is 13.0. The Kier molecular flexibility index (Phi) is 4.08. The molecule has 112 valence electrons. The Bertz CT molecular complexity index is 502. The Labute approximate surface area is 124 Å². The van der Waals surface area contributed by atoms with E-state index in [2.05, 4.69) is 21.2 Å². The fraction of sp³-hybridized carbons (Fsp3) is 0.571. The van der Waals surface area contributed by atoms with Crippen molar-refractivity contribution in [3.05, 3.63) is 28.2 Å². The van der Waals surface area contributed by atoms with E-state index >= 15 is 0 Å². The van der Waals surface area contributed by atoms with Crippen molar-refractivity contribution in [2.24, 2.45) is 5.41 Å². The minimum Gasteiger partial charge on any atom is -0.381 e. The van der Waals surface area contributed by atoms with Crippen LogP contribution in [0.25, 0.3) is 0 Å². The van der Waals surface area contributed by atoms with Gasteiger partial charge in [-0.25, -0.2) is 0 Å². The van der Waals surface area contributed by atoms with Crippen LogP contribution in [0.3, 0.4) is 0 Å². The van der Waals surface area contributed by atoms with Crippen molar-refractivity contribution in [3.8, 4) is 0 Å². The molecule has 2 unspecified atom stereocenters. The number of anilines is 1. The van der Waals surface area contributed by atoms with E-state index in [4.69, 9.17) is 4.74 Å². The van der Waals surface area contributed by atoms with Gasteiger partial charge in [0.05, 0.1) is 11.7 Å². The van der Waals surface area contributed by atoms with Gasteiger partial charge in [-0.1, -0.05) is 29.8 Å². The molecule has 1 aromatic carbocycles. The minimum atomic E-state index is -4.36. The maximum Gasteiger partial charge on any atom is 0.418 e. The average molecular weight is 352 g/mol. The molecule has 2 atom stereocenters. The number of rotatable bonds is 3. The van der Waals surface area contributed by atoms with Crippen molar-refractivity contribution >= 4 is 21.6 Å². The molecule has 20 heavy (non-hydrogen) atoms. The van der Waals surface area contributed by atoms with Gasteiger partial charge in [-0.15, -0.1) is 0 Å². The van der Waals surface area contributed by atoms with Gasteiger partial charge in [0.25, 0.3) is 0 Å². The summed E-state index contributed by atoms with van der Waals surface area (Å²) in [6.07, 6.45) is -3.59. The summed E-state index contributed by atoms with van der Waals surface area (Å²) in [6, 6.07) is 3.92. The van der Waals surface area contributed by atoms with Gasteiger partial charge in [-0.05, 0) is 24.6 Å². The number of nitrogens with one attached hydrogen (secondary N) is 1. The fourth-order valence-corrected chi connectivity index (χ4v) is 2.96. The molecule has 0 amide bonds. The zero-order valence-electron chi connectivity index (χ0n) is 11.5. The van der Waals surface area contributed by atoms with Crippen LogP contribution in [0.5, 0.6) is 0 Å². The Hall–Kier alpha value is -0.750. The molecule has 0 aliphatic heterocycles. The van der Waals surface area contributed by atoms with Crippen LogP contribution in [0.15, 0.2) is 22.7 Å². The minimum absolute atomic E-state index is 0.0390. The third kappa shape index (κ3) is 2.81. The third-order valence-corrected chi connectivity index (χ3v) is 4.57. The Morgan fingerprint density at radius 3 is 2.50 bits per heavy atom. The average Bonchev–Trinajstić information content (AvgIpc) is 2.32. The third-order valence-electron chi connectivity index (χ3n) is 4.08. The highest BCUT2D eigenvalue weighted by molar-refractivity contribution is 9.10. The zero-order chi connectivity index (χ0) is 15.1. The fourth-order valence-electron chi connectivity index (χ4n) is 2.60. The Balaban J connectivity index is 2.24. The number of halogens is 4. The molecule has 1 saturated carbocycles. The Morgan fingerprint density at radius 1 is 1.35 bits per heavy atom. The number of benzene rings is 1. The highest BCUT2D eigenvalue weighted by atomic mass is 79.9. The second-order valence-corrected chi connectivity index (χ2v) is 6.58. The normalized spacial score (nSPS) is 25.1. The SMILES string of the molecule is COC1CC(Nc2cc(Br)ccc2C(F)(F)F)C1(C)C. The standard InChI is InChI=1S/C14H17BrF3NO/c1-13(2)11(7-12(13)20-3)19-10-6-8(15)4-5-9(10)14(16,17)18/h4-6,11-12,19H,7H2,1-3H3. The van der Waals surface area contributed by atoms with Gasteiger partial charge in [0.2, 0.25) is 0 Å². The van der Waals surface area contributed by atoms with Gasteiger partial charge in [0.1, 0.15) is 0 Å². The number of hydrogen-bond donors (Lipinski definition) is 1. The molecule has 1 aliphatic rings. The molecule has 2 nitrogen and oxygen atoms in total. The Morgan fingerprint density at radius 2 is 2.00 bits per heavy atom. The first-order valence-electron chi connectivity index (χ1n) is 6.32. The monoisotopic (exact) mass is 351 g/mol. The molecule has 1 N–H and O–H groups in total. The van der Waals surface area contributed by atoms with E-state index in [0.29, 0.717) is 10.9 Å². The predicted octanol–water partition coefficient (Wildman–Crippen LogP) is 4.69. The second-order valence-electron chi connectivity index (χ2n) is 5.67. The van der Waals surface area contributed by atoms with Gasteiger partial charge in [-0.3, -0.25) is 0 Å². The molecule has 0 spiro atoms. The van der Waals surface area contributed by atoms with E-state index < -0.39 is 11.7 Å². The number of alkyl halides is 3. The van der Waals surface area contributed by atoms with Crippen molar-refractivity contribution in [2.75, 3.05) is 12.4 Å². The van der Waals surface area contributed by atoms with Crippen molar-refractivity contribution in [2.45, 2.75) is 38.6 Å². The predicted molar refractivity (Wildman–Crippen MR) is 75.7 cm³/mol. The van der Waals surface area contributed by atoms with Crippen LogP contribution in [0.4, 0.5) is 18.9 Å². The summed E-state index contributed by atoms with van der Waals surface area (Å²) in [4.78, 5) is 0. The second kappa shape index (κ2) is 5.22. The topological polar surface area (TPSA) is 21.3 Å². The van der Waals surface area contributed by atoms with Gasteiger partial charge in [-0.2, -0.15) is 13.2 Å². The van der Waals surface area contributed by atoms with Crippen LogP contribution in [-0.4, -0.2) is 19.3 Å². The highest BCUT2D eigenvalue weighted by Gasteiger charge is 2.49. The summed E-state index contributed by atoms with van der Waals surface area (Å²) in [5, 5.41) is 3.02. The van der Waals surface area contributed by atoms with E-state index in [0.717, 1.165) is 6.07 Å². The zero-order valence-corrected chi connectivity index (χ0v) is 13.1. The van der Waals surface area contributed by atoms with Crippen LogP contribution in [0.1, 0.15) is 25.8 Å². The lowest BCUT2D eigenvalue weighted by Crippen LogP contribution is -2.57. The lowest BCUT2D eigenvalue weighted by atomic mass is 9.64. The molecule has 2 rings (SSSR count). The molecule has 0 bridgehead atoms. The lowest BCUT2D eigenvalue weighted by molar-refractivity contribution is -0.137. The van der Waals surface area contributed by atoms with E-state index in [1.54, 1.807) is 7.11 Å². The molecule has 0 aromatic heterocycles. The van der Waals surface area contributed by atoms with E-state index in [1.807, 2.05) is 13.8 Å². The number of methoxy groups -OCH3 is 1. The highest BCUT2D eigenvalue weighted by Crippen LogP contribution is 2.45. The smallest absolute Gasteiger partial charge is 0.381 e. The molecule has 0 radical (unpaired) electrons. The molecular formula is C14H17BrF3NO. The first kappa shape index (κ1) is 15.6. The van der Waals surface area contributed by atoms with Gasteiger partial charge >= 0.3 is 6.18 Å². The van der Waals surface area contributed by atoms with Crippen LogP contribution in [0.2, 0.25) is 0 Å². The van der Waals surface area contributed by atoms with Gasteiger partial charge < -0.3 is 10.1 Å². The summed E-state index contributed by atoms with van der Waals surface area (Å²) in [7, 11) is 1.63.